The van der Waals surface area contributed by atoms with Crippen molar-refractivity contribution < 1.29 is 31.0 Å². The zero-order chi connectivity index (χ0) is 9.46. The molecule has 0 unspecified atom stereocenters. The second kappa shape index (κ2) is 5.25. The first-order chi connectivity index (χ1) is 5.46. The van der Waals surface area contributed by atoms with Gasteiger partial charge >= 0.3 is 29.6 Å². The van der Waals surface area contributed by atoms with Crippen molar-refractivity contribution in [3.8, 4) is 0 Å². The van der Waals surface area contributed by atoms with E-state index in [2.05, 4.69) is 0 Å². The molecule has 13 heavy (non-hydrogen) atoms. The molecule has 1 aromatic rings. The molecule has 0 aliphatic heterocycles. The smallest absolute Gasteiger partial charge is 1.00 e. The van der Waals surface area contributed by atoms with Crippen molar-refractivity contribution in [2.24, 2.45) is 0 Å². The maximum atomic E-state index is 6.02. The SMILES string of the molecule is Cc1c(C)c(Cl)c(Cl)c(C)c1Cl.[H-].[Na+]. The number of benzene rings is 1. The van der Waals surface area contributed by atoms with Gasteiger partial charge < -0.3 is 1.43 Å². The van der Waals surface area contributed by atoms with Crippen LogP contribution in [-0.2, 0) is 0 Å². The molecule has 1 rings (SSSR count). The normalized spacial score (nSPS) is 9.69. The summed E-state index contributed by atoms with van der Waals surface area (Å²) in [6.45, 7) is 5.71. The predicted octanol–water partition coefficient (Wildman–Crippen LogP) is 1.69. The Hall–Kier alpha value is 1.09. The van der Waals surface area contributed by atoms with E-state index in [4.69, 9.17) is 34.8 Å². The maximum Gasteiger partial charge on any atom is 1.00 e. The third-order valence-electron chi connectivity index (χ3n) is 2.07. The monoisotopic (exact) mass is 246 g/mol. The summed E-state index contributed by atoms with van der Waals surface area (Å²) in [4.78, 5) is 0. The number of halogens is 3. The molecular formula is C9H10Cl3Na. The molecule has 0 heterocycles. The van der Waals surface area contributed by atoms with Crippen LogP contribution in [0.3, 0.4) is 0 Å². The molecule has 0 aliphatic carbocycles. The van der Waals surface area contributed by atoms with Crippen LogP contribution in [0.15, 0.2) is 0 Å². The van der Waals surface area contributed by atoms with E-state index in [-0.39, 0.29) is 31.0 Å². The molecule has 1 aromatic carbocycles. The molecule has 0 amide bonds. The van der Waals surface area contributed by atoms with Gasteiger partial charge in [-0.2, -0.15) is 0 Å². The Kier molecular flexibility index (Phi) is 5.69. The van der Waals surface area contributed by atoms with Gasteiger partial charge in [-0.25, -0.2) is 0 Å². The molecule has 0 aliphatic rings. The Morgan fingerprint density at radius 3 is 1.46 bits per heavy atom. The summed E-state index contributed by atoms with van der Waals surface area (Å²) in [5.74, 6) is 0. The van der Waals surface area contributed by atoms with E-state index >= 15 is 0 Å². The van der Waals surface area contributed by atoms with Gasteiger partial charge in [0.2, 0.25) is 0 Å². The molecule has 0 spiro atoms. The van der Waals surface area contributed by atoms with Crippen molar-refractivity contribution in [2.75, 3.05) is 0 Å². The third kappa shape index (κ3) is 2.56. The summed E-state index contributed by atoms with van der Waals surface area (Å²) < 4.78 is 0. The van der Waals surface area contributed by atoms with Crippen LogP contribution in [0.2, 0.25) is 15.1 Å². The topological polar surface area (TPSA) is 0 Å². The molecule has 0 radical (unpaired) electrons. The molecule has 0 atom stereocenters. The minimum Gasteiger partial charge on any atom is -1.00 e. The Bertz CT molecular complexity index is 234. The van der Waals surface area contributed by atoms with E-state index in [0.717, 1.165) is 16.7 Å². The van der Waals surface area contributed by atoms with Gasteiger partial charge in [0, 0.05) is 5.02 Å². The zero-order valence-electron chi connectivity index (χ0n) is 9.13. The van der Waals surface area contributed by atoms with Gasteiger partial charge in [-0.1, -0.05) is 34.8 Å². The standard InChI is InChI=1S/C9H9Cl3.Na.H/c1-4-5(2)8(11)9(12)6(3)7(4)10;;/h1-3H3;;/q;+1;-1. The Labute approximate surface area is 117 Å². The Balaban J connectivity index is 0. The number of hydrogen-bond donors (Lipinski definition) is 0. The molecule has 0 saturated carbocycles. The molecule has 0 aromatic heterocycles. The van der Waals surface area contributed by atoms with Crippen LogP contribution in [0.4, 0.5) is 0 Å². The van der Waals surface area contributed by atoms with Gasteiger partial charge in [0.15, 0.2) is 0 Å². The third-order valence-corrected chi connectivity index (χ3v) is 3.68. The van der Waals surface area contributed by atoms with Crippen LogP contribution < -0.4 is 29.6 Å². The van der Waals surface area contributed by atoms with Gasteiger partial charge in [0.1, 0.15) is 0 Å². The minimum absolute atomic E-state index is 0. The molecular weight excluding hydrogens is 237 g/mol. The second-order valence-electron chi connectivity index (χ2n) is 2.82. The van der Waals surface area contributed by atoms with Crippen LogP contribution in [0.1, 0.15) is 18.1 Å². The molecule has 0 fully saturated rings. The Morgan fingerprint density at radius 2 is 1.00 bits per heavy atom. The van der Waals surface area contributed by atoms with E-state index in [1.807, 2.05) is 20.8 Å². The molecule has 0 N–H and O–H groups in total. The molecule has 0 nitrogen and oxygen atoms in total. The summed E-state index contributed by atoms with van der Waals surface area (Å²) in [6, 6.07) is 0. The molecule has 0 bridgehead atoms. The first-order valence-corrected chi connectivity index (χ1v) is 4.70. The first kappa shape index (κ1) is 14.1. The van der Waals surface area contributed by atoms with Crippen LogP contribution >= 0.6 is 34.8 Å². The maximum absolute atomic E-state index is 6.02. The first-order valence-electron chi connectivity index (χ1n) is 3.57. The van der Waals surface area contributed by atoms with Gasteiger partial charge in [0.25, 0.3) is 0 Å². The van der Waals surface area contributed by atoms with Crippen molar-refractivity contribution in [1.82, 2.24) is 0 Å². The average molecular weight is 248 g/mol. The zero-order valence-corrected chi connectivity index (χ0v) is 12.4. The predicted molar refractivity (Wildman–Crippen MR) is 56.8 cm³/mol. The molecule has 4 heteroatoms. The van der Waals surface area contributed by atoms with Crippen molar-refractivity contribution >= 4 is 34.8 Å². The summed E-state index contributed by atoms with van der Waals surface area (Å²) in [5, 5.41) is 1.88. The van der Waals surface area contributed by atoms with E-state index < -0.39 is 0 Å². The van der Waals surface area contributed by atoms with Crippen molar-refractivity contribution in [3.63, 3.8) is 0 Å². The van der Waals surface area contributed by atoms with Crippen molar-refractivity contribution in [2.45, 2.75) is 20.8 Å². The number of hydrogen-bond acceptors (Lipinski definition) is 0. The van der Waals surface area contributed by atoms with E-state index in [1.54, 1.807) is 0 Å². The van der Waals surface area contributed by atoms with Gasteiger partial charge in [-0.05, 0) is 37.5 Å². The van der Waals surface area contributed by atoms with Crippen LogP contribution in [-0.4, -0.2) is 0 Å². The van der Waals surface area contributed by atoms with Gasteiger partial charge in [0.05, 0.1) is 10.0 Å². The molecule has 68 valence electrons. The summed E-state index contributed by atoms with van der Waals surface area (Å²) in [6.07, 6.45) is 0. The fourth-order valence-electron chi connectivity index (χ4n) is 1.04. The largest absolute Gasteiger partial charge is 1.00 e. The Morgan fingerprint density at radius 1 is 0.692 bits per heavy atom. The van der Waals surface area contributed by atoms with Crippen LogP contribution in [0, 0.1) is 20.8 Å². The van der Waals surface area contributed by atoms with E-state index in [0.29, 0.717) is 15.1 Å². The molecule has 0 saturated heterocycles. The van der Waals surface area contributed by atoms with Crippen LogP contribution in [0.25, 0.3) is 0 Å². The number of rotatable bonds is 0. The average Bonchev–Trinajstić information content (AvgIpc) is 2.08. The quantitative estimate of drug-likeness (QED) is 0.483. The van der Waals surface area contributed by atoms with Crippen molar-refractivity contribution in [1.29, 1.82) is 0 Å². The van der Waals surface area contributed by atoms with Crippen molar-refractivity contribution in [3.05, 3.63) is 31.8 Å². The fourth-order valence-corrected chi connectivity index (χ4v) is 1.84. The van der Waals surface area contributed by atoms with E-state index in [1.165, 1.54) is 0 Å². The summed E-state index contributed by atoms with van der Waals surface area (Å²) in [7, 11) is 0. The van der Waals surface area contributed by atoms with Gasteiger partial charge in [-0.15, -0.1) is 0 Å². The minimum atomic E-state index is 0. The second-order valence-corrected chi connectivity index (χ2v) is 3.95. The van der Waals surface area contributed by atoms with E-state index in [9.17, 15) is 0 Å². The summed E-state index contributed by atoms with van der Waals surface area (Å²) in [5.41, 5.74) is 2.81. The summed E-state index contributed by atoms with van der Waals surface area (Å²) >= 11 is 17.9. The van der Waals surface area contributed by atoms with Gasteiger partial charge in [-0.3, -0.25) is 0 Å². The fraction of sp³-hybridized carbons (Fsp3) is 0.333. The van der Waals surface area contributed by atoms with Crippen LogP contribution in [0.5, 0.6) is 0 Å².